The molecule has 0 spiro atoms. The van der Waals surface area contributed by atoms with Gasteiger partial charge in [0.2, 0.25) is 0 Å². The molecule has 0 atom stereocenters. The van der Waals surface area contributed by atoms with E-state index in [0.29, 0.717) is 12.5 Å². The van der Waals surface area contributed by atoms with Crippen LogP contribution in [0.1, 0.15) is 5.56 Å². The van der Waals surface area contributed by atoms with E-state index < -0.39 is 0 Å². The predicted octanol–water partition coefficient (Wildman–Crippen LogP) is 3.38. The van der Waals surface area contributed by atoms with Gasteiger partial charge in [-0.25, -0.2) is 0 Å². The quantitative estimate of drug-likeness (QED) is 0.746. The molecule has 0 bridgehead atoms. The van der Waals surface area contributed by atoms with E-state index in [1.54, 1.807) is 0 Å². The van der Waals surface area contributed by atoms with Crippen LogP contribution in [0.25, 0.3) is 0 Å². The molecule has 0 fully saturated rings. The summed E-state index contributed by atoms with van der Waals surface area (Å²) in [6.07, 6.45) is 0. The number of hydrogen-bond donors (Lipinski definition) is 0. The summed E-state index contributed by atoms with van der Waals surface area (Å²) in [7, 11) is 0. The van der Waals surface area contributed by atoms with Crippen molar-refractivity contribution in [1.29, 1.82) is 0 Å². The Morgan fingerprint density at radius 3 is 2.83 bits per heavy atom. The van der Waals surface area contributed by atoms with Gasteiger partial charge < -0.3 is 4.74 Å². The Labute approximate surface area is 85.8 Å². The molecule has 66 valence electrons. The lowest BCUT2D eigenvalue weighted by atomic mass is 10.2. The minimum atomic E-state index is 0.523. The lowest BCUT2D eigenvalue weighted by molar-refractivity contribution is 0.340. The Kier molecular flexibility index (Phi) is 3.89. The minimum absolute atomic E-state index is 0.523. The van der Waals surface area contributed by atoms with Crippen LogP contribution in [-0.2, 0) is 0 Å². The maximum absolute atomic E-state index is 5.50. The van der Waals surface area contributed by atoms with Gasteiger partial charge in [0.25, 0.3) is 0 Å². The topological polar surface area (TPSA) is 9.23 Å². The van der Waals surface area contributed by atoms with Gasteiger partial charge in [0.15, 0.2) is 0 Å². The van der Waals surface area contributed by atoms with E-state index in [2.05, 4.69) is 15.9 Å². The van der Waals surface area contributed by atoms with E-state index in [-0.39, 0.29) is 0 Å². The average molecular weight is 250 g/mol. The van der Waals surface area contributed by atoms with Crippen molar-refractivity contribution in [2.24, 2.45) is 0 Å². The van der Waals surface area contributed by atoms with Gasteiger partial charge in [-0.15, -0.1) is 11.6 Å². The van der Waals surface area contributed by atoms with Gasteiger partial charge >= 0.3 is 0 Å². The second-order valence-electron chi connectivity index (χ2n) is 2.45. The van der Waals surface area contributed by atoms with Crippen molar-refractivity contribution < 1.29 is 4.74 Å². The molecule has 0 aliphatic carbocycles. The molecule has 0 aliphatic heterocycles. The van der Waals surface area contributed by atoms with Gasteiger partial charge in [0.1, 0.15) is 12.4 Å². The molecule has 1 aromatic rings. The van der Waals surface area contributed by atoms with Gasteiger partial charge in [-0.2, -0.15) is 0 Å². The Balaban J connectivity index is 2.72. The molecule has 12 heavy (non-hydrogen) atoms. The first-order valence-corrected chi connectivity index (χ1v) is 5.01. The number of alkyl halides is 1. The van der Waals surface area contributed by atoms with E-state index in [0.717, 1.165) is 15.8 Å². The van der Waals surface area contributed by atoms with Crippen molar-refractivity contribution in [1.82, 2.24) is 0 Å². The third kappa shape index (κ3) is 2.68. The van der Waals surface area contributed by atoms with Crippen LogP contribution in [0.5, 0.6) is 5.75 Å². The van der Waals surface area contributed by atoms with Crippen molar-refractivity contribution in [3.05, 3.63) is 28.2 Å². The van der Waals surface area contributed by atoms with E-state index in [1.165, 1.54) is 0 Å². The molecule has 0 N–H and O–H groups in total. The van der Waals surface area contributed by atoms with E-state index in [9.17, 15) is 0 Å². The smallest absolute Gasteiger partial charge is 0.122 e. The van der Waals surface area contributed by atoms with Gasteiger partial charge in [-0.05, 0) is 30.7 Å². The highest BCUT2D eigenvalue weighted by Gasteiger charge is 1.98. The van der Waals surface area contributed by atoms with Crippen LogP contribution in [-0.4, -0.2) is 12.5 Å². The third-order valence-electron chi connectivity index (χ3n) is 1.47. The average Bonchev–Trinajstić information content (AvgIpc) is 2.03. The largest absolute Gasteiger partial charge is 0.492 e. The van der Waals surface area contributed by atoms with E-state index >= 15 is 0 Å². The molecule has 0 radical (unpaired) electrons. The Morgan fingerprint density at radius 2 is 2.25 bits per heavy atom. The molecule has 0 heterocycles. The van der Waals surface area contributed by atoms with Crippen LogP contribution in [0.2, 0.25) is 0 Å². The summed E-state index contributed by atoms with van der Waals surface area (Å²) in [5, 5.41) is 0. The highest BCUT2D eigenvalue weighted by Crippen LogP contribution is 2.21. The number of rotatable bonds is 3. The maximum Gasteiger partial charge on any atom is 0.122 e. The molecule has 0 amide bonds. The molecule has 0 saturated carbocycles. The summed E-state index contributed by atoms with van der Waals surface area (Å²) >= 11 is 8.88. The lowest BCUT2D eigenvalue weighted by Gasteiger charge is -2.06. The van der Waals surface area contributed by atoms with Gasteiger partial charge in [-0.3, -0.25) is 0 Å². The second kappa shape index (κ2) is 4.73. The van der Waals surface area contributed by atoms with Crippen LogP contribution in [0.3, 0.4) is 0 Å². The molecular weight excluding hydrogens is 239 g/mol. The van der Waals surface area contributed by atoms with Crippen molar-refractivity contribution in [3.8, 4) is 5.75 Å². The molecule has 1 aromatic carbocycles. The van der Waals surface area contributed by atoms with Crippen LogP contribution < -0.4 is 4.74 Å². The van der Waals surface area contributed by atoms with Crippen LogP contribution in [0.4, 0.5) is 0 Å². The molecule has 0 aliphatic rings. The molecule has 0 unspecified atom stereocenters. The number of hydrogen-bond acceptors (Lipinski definition) is 1. The summed E-state index contributed by atoms with van der Waals surface area (Å²) in [5.41, 5.74) is 1.12. The van der Waals surface area contributed by atoms with Crippen molar-refractivity contribution in [3.63, 3.8) is 0 Å². The predicted molar refractivity (Wildman–Crippen MR) is 55.1 cm³/mol. The summed E-state index contributed by atoms with van der Waals surface area (Å²) in [6.45, 7) is 2.57. The number of halogens is 2. The van der Waals surface area contributed by atoms with Crippen LogP contribution in [0.15, 0.2) is 22.7 Å². The zero-order valence-corrected chi connectivity index (χ0v) is 9.15. The number of aryl methyl sites for hydroxylation is 1. The highest BCUT2D eigenvalue weighted by atomic mass is 79.9. The molecule has 3 heteroatoms. The van der Waals surface area contributed by atoms with Gasteiger partial charge in [-0.1, -0.05) is 15.9 Å². The third-order valence-corrected chi connectivity index (χ3v) is 2.12. The summed E-state index contributed by atoms with van der Waals surface area (Å²) < 4.78 is 6.46. The van der Waals surface area contributed by atoms with Crippen molar-refractivity contribution in [2.75, 3.05) is 12.5 Å². The zero-order chi connectivity index (χ0) is 8.97. The summed E-state index contributed by atoms with van der Waals surface area (Å²) in [5.74, 6) is 1.43. The molecular formula is C9H10BrClO. The number of benzene rings is 1. The van der Waals surface area contributed by atoms with Crippen molar-refractivity contribution in [2.45, 2.75) is 6.92 Å². The minimum Gasteiger partial charge on any atom is -0.492 e. The van der Waals surface area contributed by atoms with E-state index in [4.69, 9.17) is 16.3 Å². The molecule has 0 saturated heterocycles. The fourth-order valence-electron chi connectivity index (χ4n) is 0.923. The fraction of sp³-hybridized carbons (Fsp3) is 0.333. The fourth-order valence-corrected chi connectivity index (χ4v) is 1.48. The lowest BCUT2D eigenvalue weighted by Crippen LogP contribution is -1.99. The summed E-state index contributed by atoms with van der Waals surface area (Å²) in [6, 6.07) is 5.91. The van der Waals surface area contributed by atoms with E-state index in [1.807, 2.05) is 25.1 Å². The Bertz CT molecular complexity index is 263. The zero-order valence-electron chi connectivity index (χ0n) is 6.81. The first-order valence-electron chi connectivity index (χ1n) is 3.69. The van der Waals surface area contributed by atoms with Crippen LogP contribution in [0, 0.1) is 6.92 Å². The highest BCUT2D eigenvalue weighted by molar-refractivity contribution is 9.10. The Hall–Kier alpha value is -0.210. The second-order valence-corrected chi connectivity index (χ2v) is 3.74. The maximum atomic E-state index is 5.50. The molecule has 0 aromatic heterocycles. The van der Waals surface area contributed by atoms with Gasteiger partial charge in [0.05, 0.1) is 5.88 Å². The first kappa shape index (κ1) is 9.87. The first-order chi connectivity index (χ1) is 5.74. The Morgan fingerprint density at radius 1 is 1.50 bits per heavy atom. The monoisotopic (exact) mass is 248 g/mol. The molecule has 1 rings (SSSR count). The molecule has 1 nitrogen and oxygen atoms in total. The summed E-state index contributed by atoms with van der Waals surface area (Å²) in [4.78, 5) is 0. The van der Waals surface area contributed by atoms with Crippen molar-refractivity contribution >= 4 is 27.5 Å². The van der Waals surface area contributed by atoms with Crippen LogP contribution >= 0.6 is 27.5 Å². The standard InChI is InChI=1S/C9H10BrClO/c1-7-6-8(10)2-3-9(7)12-5-4-11/h2-3,6H,4-5H2,1H3. The van der Waals surface area contributed by atoms with Gasteiger partial charge in [0, 0.05) is 4.47 Å². The number of ether oxygens (including phenoxy) is 1. The normalized spacial score (nSPS) is 9.92. The SMILES string of the molecule is Cc1cc(Br)ccc1OCCCl.